The Morgan fingerprint density at radius 2 is 1.92 bits per heavy atom. The Labute approximate surface area is 209 Å². The molecule has 7 rings (SSSR count). The highest BCUT2D eigenvalue weighted by Gasteiger charge is 2.65. The molecular weight excluding hydrogens is 452 g/mol. The maximum absolute atomic E-state index is 13.0. The van der Waals surface area contributed by atoms with Gasteiger partial charge in [-0.05, 0) is 47.4 Å². The maximum Gasteiger partial charge on any atom is 0.235 e. The third-order valence-corrected chi connectivity index (χ3v) is 8.05. The number of benzene rings is 3. The molecule has 182 valence electrons. The van der Waals surface area contributed by atoms with Crippen molar-refractivity contribution in [1.29, 1.82) is 0 Å². The van der Waals surface area contributed by atoms with E-state index in [0.717, 1.165) is 84.0 Å². The van der Waals surface area contributed by atoms with Crippen LogP contribution in [0.15, 0.2) is 60.7 Å². The first-order valence-electron chi connectivity index (χ1n) is 12.5. The molecule has 2 fully saturated rings. The zero-order chi connectivity index (χ0) is 24.3. The molecular formula is C29H28N4O3. The fraction of sp³-hybridized carbons (Fsp3) is 0.310. The highest BCUT2D eigenvalue weighted by molar-refractivity contribution is 6.10. The SMILES string of the molecule is COc1ccc2c(c1)C1(CC1c1ccc3c(-c4ccc(CN5CCOCC5)cc4)n[nH]c3c1)C(=O)N2. The molecule has 0 radical (unpaired) electrons. The topological polar surface area (TPSA) is 79.5 Å². The molecule has 1 saturated carbocycles. The van der Waals surface area contributed by atoms with Gasteiger partial charge in [-0.1, -0.05) is 36.4 Å². The second-order valence-corrected chi connectivity index (χ2v) is 10.1. The van der Waals surface area contributed by atoms with Crippen molar-refractivity contribution >= 4 is 22.5 Å². The van der Waals surface area contributed by atoms with E-state index in [0.29, 0.717) is 0 Å². The van der Waals surface area contributed by atoms with Crippen LogP contribution in [0.2, 0.25) is 0 Å². The van der Waals surface area contributed by atoms with Crippen molar-refractivity contribution in [1.82, 2.24) is 15.1 Å². The van der Waals surface area contributed by atoms with Gasteiger partial charge < -0.3 is 14.8 Å². The minimum atomic E-state index is -0.503. The number of rotatable bonds is 5. The summed E-state index contributed by atoms with van der Waals surface area (Å²) in [7, 11) is 1.66. The molecule has 3 aromatic carbocycles. The summed E-state index contributed by atoms with van der Waals surface area (Å²) in [6, 6.07) is 21.0. The summed E-state index contributed by atoms with van der Waals surface area (Å²) in [4.78, 5) is 15.4. The highest BCUT2D eigenvalue weighted by Crippen LogP contribution is 2.65. The Morgan fingerprint density at radius 1 is 1.08 bits per heavy atom. The normalized spacial score (nSPS) is 23.1. The van der Waals surface area contributed by atoms with Gasteiger partial charge in [0, 0.05) is 42.2 Å². The summed E-state index contributed by atoms with van der Waals surface area (Å²) in [6.07, 6.45) is 0.802. The molecule has 7 heteroatoms. The van der Waals surface area contributed by atoms with E-state index in [-0.39, 0.29) is 11.8 Å². The van der Waals surface area contributed by atoms with Crippen LogP contribution in [0.5, 0.6) is 5.75 Å². The third kappa shape index (κ3) is 3.34. The van der Waals surface area contributed by atoms with E-state index in [2.05, 4.69) is 62.9 Å². The zero-order valence-electron chi connectivity index (χ0n) is 20.2. The number of aromatic amines is 1. The summed E-state index contributed by atoms with van der Waals surface area (Å²) < 4.78 is 10.9. The lowest BCUT2D eigenvalue weighted by Gasteiger charge is -2.26. The molecule has 2 aliphatic heterocycles. The van der Waals surface area contributed by atoms with Crippen LogP contribution < -0.4 is 10.1 Å². The standard InChI is InChI=1S/C29H28N4O3/c1-35-21-7-9-25-23(15-21)29(28(34)30-25)16-24(29)20-6-8-22-26(14-20)31-32-27(22)19-4-2-18(3-5-19)17-33-10-12-36-13-11-33/h2-9,14-15,24H,10-13,16-17H2,1H3,(H,30,34)(H,31,32). The fourth-order valence-corrected chi connectivity index (χ4v) is 5.96. The minimum absolute atomic E-state index is 0.0818. The number of aromatic nitrogens is 2. The predicted molar refractivity (Wildman–Crippen MR) is 138 cm³/mol. The number of morpholine rings is 1. The van der Waals surface area contributed by atoms with E-state index in [1.54, 1.807) is 7.11 Å². The van der Waals surface area contributed by atoms with E-state index >= 15 is 0 Å². The molecule has 2 atom stereocenters. The Balaban J connectivity index is 1.14. The van der Waals surface area contributed by atoms with Gasteiger partial charge in [0.25, 0.3) is 0 Å². The summed E-state index contributed by atoms with van der Waals surface area (Å²) in [6.45, 7) is 4.54. The lowest BCUT2D eigenvalue weighted by molar-refractivity contribution is -0.118. The van der Waals surface area contributed by atoms with Gasteiger partial charge in [-0.15, -0.1) is 0 Å². The molecule has 2 N–H and O–H groups in total. The number of nitrogens with zero attached hydrogens (tertiary/aromatic N) is 2. The number of hydrogen-bond donors (Lipinski definition) is 2. The molecule has 7 nitrogen and oxygen atoms in total. The molecule has 2 unspecified atom stereocenters. The van der Waals surface area contributed by atoms with Gasteiger partial charge in [-0.3, -0.25) is 14.8 Å². The van der Waals surface area contributed by atoms with E-state index in [9.17, 15) is 4.79 Å². The summed E-state index contributed by atoms with van der Waals surface area (Å²) in [5.74, 6) is 1.000. The number of carbonyl (C=O) groups is 1. The number of methoxy groups -OCH3 is 1. The van der Waals surface area contributed by atoms with Crippen LogP contribution >= 0.6 is 0 Å². The number of ether oxygens (including phenoxy) is 2. The average molecular weight is 481 g/mol. The van der Waals surface area contributed by atoms with Crippen LogP contribution in [-0.2, 0) is 21.5 Å². The quantitative estimate of drug-likeness (QED) is 0.441. The molecule has 3 heterocycles. The third-order valence-electron chi connectivity index (χ3n) is 8.05. The highest BCUT2D eigenvalue weighted by atomic mass is 16.5. The first-order valence-corrected chi connectivity index (χ1v) is 12.5. The molecule has 1 spiro atoms. The van der Waals surface area contributed by atoms with Crippen molar-refractivity contribution in [2.24, 2.45) is 0 Å². The minimum Gasteiger partial charge on any atom is -0.497 e. The van der Waals surface area contributed by atoms with Gasteiger partial charge in [0.2, 0.25) is 5.91 Å². The van der Waals surface area contributed by atoms with Crippen LogP contribution in [-0.4, -0.2) is 54.4 Å². The molecule has 4 aromatic rings. The van der Waals surface area contributed by atoms with Crippen LogP contribution in [0.3, 0.4) is 0 Å². The smallest absolute Gasteiger partial charge is 0.235 e. The Morgan fingerprint density at radius 3 is 2.72 bits per heavy atom. The fourth-order valence-electron chi connectivity index (χ4n) is 5.96. The van der Waals surface area contributed by atoms with Crippen molar-refractivity contribution in [3.8, 4) is 17.0 Å². The second kappa shape index (κ2) is 8.18. The van der Waals surface area contributed by atoms with Gasteiger partial charge in [-0.2, -0.15) is 5.10 Å². The number of fused-ring (bicyclic) bond motifs is 3. The number of anilines is 1. The van der Waals surface area contributed by atoms with E-state index in [4.69, 9.17) is 9.47 Å². The number of H-pyrrole nitrogens is 1. The zero-order valence-corrected chi connectivity index (χ0v) is 20.2. The van der Waals surface area contributed by atoms with Gasteiger partial charge in [0.15, 0.2) is 0 Å². The van der Waals surface area contributed by atoms with Crippen LogP contribution in [0.4, 0.5) is 5.69 Å². The van der Waals surface area contributed by atoms with Crippen LogP contribution in [0.25, 0.3) is 22.2 Å². The Hall–Kier alpha value is -3.68. The molecule has 0 bridgehead atoms. The summed E-state index contributed by atoms with van der Waals surface area (Å²) in [5.41, 5.74) is 6.93. The van der Waals surface area contributed by atoms with Gasteiger partial charge in [0.1, 0.15) is 5.75 Å². The van der Waals surface area contributed by atoms with Crippen molar-refractivity contribution in [3.63, 3.8) is 0 Å². The monoisotopic (exact) mass is 480 g/mol. The van der Waals surface area contributed by atoms with E-state index in [1.807, 2.05) is 18.2 Å². The summed E-state index contributed by atoms with van der Waals surface area (Å²) in [5, 5.41) is 12.0. The average Bonchev–Trinajstić information content (AvgIpc) is 3.44. The van der Waals surface area contributed by atoms with Crippen molar-refractivity contribution < 1.29 is 14.3 Å². The van der Waals surface area contributed by atoms with E-state index in [1.165, 1.54) is 5.56 Å². The van der Waals surface area contributed by atoms with Gasteiger partial charge in [0.05, 0.1) is 36.9 Å². The Kier molecular flexibility index (Phi) is 4.91. The number of hydrogen-bond acceptors (Lipinski definition) is 5. The van der Waals surface area contributed by atoms with Crippen LogP contribution in [0, 0.1) is 0 Å². The van der Waals surface area contributed by atoms with E-state index < -0.39 is 5.41 Å². The summed E-state index contributed by atoms with van der Waals surface area (Å²) >= 11 is 0. The first-order chi connectivity index (χ1) is 17.7. The number of carbonyl (C=O) groups excluding carboxylic acids is 1. The molecule has 1 amide bonds. The lowest BCUT2D eigenvalue weighted by atomic mass is 9.91. The first kappa shape index (κ1) is 21.6. The van der Waals surface area contributed by atoms with Crippen LogP contribution in [0.1, 0.15) is 29.0 Å². The number of nitrogens with one attached hydrogen (secondary N) is 2. The molecule has 1 aliphatic carbocycles. The molecule has 1 saturated heterocycles. The molecule has 3 aliphatic rings. The maximum atomic E-state index is 13.0. The molecule has 1 aromatic heterocycles. The van der Waals surface area contributed by atoms with Gasteiger partial charge >= 0.3 is 0 Å². The second-order valence-electron chi connectivity index (χ2n) is 10.1. The number of amides is 1. The predicted octanol–water partition coefficient (Wildman–Crippen LogP) is 4.45. The van der Waals surface area contributed by atoms with Crippen molar-refractivity contribution in [2.45, 2.75) is 24.3 Å². The van der Waals surface area contributed by atoms with Crippen molar-refractivity contribution in [3.05, 3.63) is 77.4 Å². The largest absolute Gasteiger partial charge is 0.497 e. The Bertz CT molecular complexity index is 1470. The van der Waals surface area contributed by atoms with Crippen molar-refractivity contribution in [2.75, 3.05) is 38.7 Å². The van der Waals surface area contributed by atoms with Gasteiger partial charge in [-0.25, -0.2) is 0 Å². The molecule has 36 heavy (non-hydrogen) atoms. The lowest BCUT2D eigenvalue weighted by Crippen LogP contribution is -2.35.